The van der Waals surface area contributed by atoms with Gasteiger partial charge in [-0.05, 0) is 6.92 Å². The van der Waals surface area contributed by atoms with Gasteiger partial charge in [-0.1, -0.05) is 0 Å². The van der Waals surface area contributed by atoms with E-state index >= 15 is 0 Å². The second-order valence-electron chi connectivity index (χ2n) is 6.21. The van der Waals surface area contributed by atoms with Crippen molar-refractivity contribution in [1.82, 2.24) is 0 Å². The third-order valence-corrected chi connectivity index (χ3v) is 4.45. The topological polar surface area (TPSA) is 203 Å². The summed E-state index contributed by atoms with van der Waals surface area (Å²) in [7, 11) is 0. The van der Waals surface area contributed by atoms with Gasteiger partial charge in [-0.3, -0.25) is 4.79 Å². The lowest BCUT2D eigenvalue weighted by molar-refractivity contribution is -0.340. The molecule has 0 aliphatic carbocycles. The van der Waals surface area contributed by atoms with Crippen molar-refractivity contribution in [2.24, 2.45) is 5.92 Å². The van der Waals surface area contributed by atoms with E-state index in [1.807, 2.05) is 0 Å². The van der Waals surface area contributed by atoms with Gasteiger partial charge in [-0.15, -0.1) is 0 Å². The minimum Gasteiger partial charge on any atom is -0.479 e. The Hall–Kier alpha value is -1.22. The molecule has 0 aromatic rings. The second-order valence-corrected chi connectivity index (χ2v) is 6.21. The van der Waals surface area contributed by atoms with Crippen LogP contribution in [0, 0.1) is 5.92 Å². The largest absolute Gasteiger partial charge is 0.479 e. The van der Waals surface area contributed by atoms with Gasteiger partial charge in [0.2, 0.25) is 0 Å². The number of carboxylic acids is 1. The van der Waals surface area contributed by atoms with E-state index in [4.69, 9.17) is 19.3 Å². The Morgan fingerprint density at radius 2 is 1.58 bits per heavy atom. The number of aliphatic hydroxyl groups excluding tert-OH is 6. The molecule has 0 spiro atoms. The first-order chi connectivity index (χ1) is 12.1. The summed E-state index contributed by atoms with van der Waals surface area (Å²) in [5.74, 6) is -3.73. The standard InChI is InChI=1S/C14H22O12/c1-3(16)5-10(6(17)4(2-15)24-13(5)23)25-14-9(20)7(18)8(19)11(26-14)12(21)22/h4-11,13-15,17-20,23H,2H2,1H3,(H,21,22)/t4-,5-,6-,7+,8+,9-,10-,11+,13?,14-/m1/s1. The van der Waals surface area contributed by atoms with Crippen molar-refractivity contribution >= 4 is 11.8 Å². The Balaban J connectivity index is 2.26. The van der Waals surface area contributed by atoms with Crippen LogP contribution < -0.4 is 0 Å². The van der Waals surface area contributed by atoms with Crippen molar-refractivity contribution in [2.45, 2.75) is 62.2 Å². The zero-order chi connectivity index (χ0) is 19.8. The predicted octanol–water partition coefficient (Wildman–Crippen LogP) is -4.46. The third kappa shape index (κ3) is 3.88. The summed E-state index contributed by atoms with van der Waals surface area (Å²) < 4.78 is 15.2. The first kappa shape index (κ1) is 21.1. The molecule has 0 bridgehead atoms. The summed E-state index contributed by atoms with van der Waals surface area (Å²) >= 11 is 0. The van der Waals surface area contributed by atoms with Gasteiger partial charge in [-0.2, -0.15) is 0 Å². The Labute approximate surface area is 147 Å². The van der Waals surface area contributed by atoms with Crippen molar-refractivity contribution in [3.8, 4) is 0 Å². The molecule has 2 saturated heterocycles. The summed E-state index contributed by atoms with van der Waals surface area (Å²) in [4.78, 5) is 22.9. The Bertz CT molecular complexity index is 526. The van der Waals surface area contributed by atoms with Crippen LogP contribution in [0.3, 0.4) is 0 Å². The van der Waals surface area contributed by atoms with Crippen LogP contribution in [0.1, 0.15) is 6.92 Å². The van der Waals surface area contributed by atoms with E-state index < -0.39 is 79.6 Å². The first-order valence-corrected chi connectivity index (χ1v) is 7.81. The second kappa shape index (κ2) is 8.21. The maximum Gasteiger partial charge on any atom is 0.335 e. The van der Waals surface area contributed by atoms with Crippen LogP contribution in [0.5, 0.6) is 0 Å². The number of aliphatic hydroxyl groups is 6. The van der Waals surface area contributed by atoms with E-state index in [-0.39, 0.29) is 0 Å². The predicted molar refractivity (Wildman–Crippen MR) is 77.3 cm³/mol. The number of ether oxygens (including phenoxy) is 3. The highest BCUT2D eigenvalue weighted by Crippen LogP contribution is 2.32. The first-order valence-electron chi connectivity index (χ1n) is 7.81. The maximum absolute atomic E-state index is 11.8. The third-order valence-electron chi connectivity index (χ3n) is 4.45. The van der Waals surface area contributed by atoms with Crippen molar-refractivity contribution < 1.29 is 59.5 Å². The molecule has 7 N–H and O–H groups in total. The molecule has 10 atom stereocenters. The number of carbonyl (C=O) groups excluding carboxylic acids is 1. The molecule has 2 aliphatic rings. The van der Waals surface area contributed by atoms with Crippen molar-refractivity contribution in [2.75, 3.05) is 6.61 Å². The van der Waals surface area contributed by atoms with Gasteiger partial charge in [0.15, 0.2) is 18.7 Å². The fraction of sp³-hybridized carbons (Fsp3) is 0.857. The number of rotatable bonds is 5. The Kier molecular flexibility index (Phi) is 6.65. The fourth-order valence-corrected chi connectivity index (χ4v) is 3.00. The van der Waals surface area contributed by atoms with E-state index in [1.54, 1.807) is 0 Å². The minimum atomic E-state index is -1.94. The van der Waals surface area contributed by atoms with E-state index in [9.17, 15) is 40.2 Å². The molecular weight excluding hydrogens is 360 g/mol. The summed E-state index contributed by atoms with van der Waals surface area (Å²) in [5, 5.41) is 67.8. The van der Waals surface area contributed by atoms with Gasteiger partial charge in [0, 0.05) is 0 Å². The van der Waals surface area contributed by atoms with Gasteiger partial charge in [0.1, 0.15) is 42.4 Å². The highest BCUT2D eigenvalue weighted by molar-refractivity contribution is 5.79. The van der Waals surface area contributed by atoms with Crippen LogP contribution in [0.15, 0.2) is 0 Å². The number of carboxylic acid groups (broad SMARTS) is 1. The number of ketones is 1. The molecule has 2 aliphatic heterocycles. The SMILES string of the molecule is CC(=O)[C@H]1C(O)O[C@H](CO)[C@@H](O)[C@@H]1O[C@@H]1O[C@H](C(=O)O)[C@@H](O)[C@H](O)[C@H]1O. The van der Waals surface area contributed by atoms with Crippen LogP contribution >= 0.6 is 0 Å². The van der Waals surface area contributed by atoms with Gasteiger partial charge < -0.3 is 50.0 Å². The number of hydrogen-bond acceptors (Lipinski definition) is 11. The maximum atomic E-state index is 11.8. The Morgan fingerprint density at radius 1 is 0.962 bits per heavy atom. The van der Waals surface area contributed by atoms with Gasteiger partial charge in [-0.25, -0.2) is 4.79 Å². The van der Waals surface area contributed by atoms with E-state index in [0.29, 0.717) is 0 Å². The molecule has 12 nitrogen and oxygen atoms in total. The number of aliphatic carboxylic acids is 1. The average Bonchev–Trinajstić information content (AvgIpc) is 2.57. The smallest absolute Gasteiger partial charge is 0.335 e. The molecule has 0 saturated carbocycles. The van der Waals surface area contributed by atoms with E-state index in [0.717, 1.165) is 6.92 Å². The minimum absolute atomic E-state index is 0.654. The average molecular weight is 382 g/mol. The van der Waals surface area contributed by atoms with Crippen LogP contribution in [0.2, 0.25) is 0 Å². The van der Waals surface area contributed by atoms with Crippen LogP contribution in [0.4, 0.5) is 0 Å². The monoisotopic (exact) mass is 382 g/mol. The molecule has 0 radical (unpaired) electrons. The van der Waals surface area contributed by atoms with Gasteiger partial charge >= 0.3 is 5.97 Å². The molecule has 1 unspecified atom stereocenters. The van der Waals surface area contributed by atoms with Crippen LogP contribution in [0.25, 0.3) is 0 Å². The highest BCUT2D eigenvalue weighted by Gasteiger charge is 2.53. The van der Waals surface area contributed by atoms with Gasteiger partial charge in [0.25, 0.3) is 0 Å². The normalized spacial score (nSPS) is 46.7. The molecule has 2 heterocycles. The molecule has 2 fully saturated rings. The number of carbonyl (C=O) groups is 2. The van der Waals surface area contributed by atoms with Gasteiger partial charge in [0.05, 0.1) is 12.5 Å². The van der Waals surface area contributed by atoms with E-state index in [1.165, 1.54) is 0 Å². The molecule has 0 aromatic heterocycles. The summed E-state index contributed by atoms with van der Waals surface area (Å²) in [6.07, 6.45) is -15.8. The molecular formula is C14H22O12. The van der Waals surface area contributed by atoms with Crippen LogP contribution in [-0.4, -0.2) is 109 Å². The quantitative estimate of drug-likeness (QED) is 0.240. The molecule has 150 valence electrons. The lowest BCUT2D eigenvalue weighted by atomic mass is 9.88. The highest BCUT2D eigenvalue weighted by atomic mass is 16.7. The summed E-state index contributed by atoms with van der Waals surface area (Å²) in [5.41, 5.74) is 0. The zero-order valence-corrected chi connectivity index (χ0v) is 13.7. The lowest BCUT2D eigenvalue weighted by Gasteiger charge is -2.45. The van der Waals surface area contributed by atoms with Crippen LogP contribution in [-0.2, 0) is 23.8 Å². The molecule has 2 rings (SSSR count). The summed E-state index contributed by atoms with van der Waals surface area (Å²) in [6, 6.07) is 0. The van der Waals surface area contributed by atoms with Crippen molar-refractivity contribution in [3.05, 3.63) is 0 Å². The van der Waals surface area contributed by atoms with E-state index in [2.05, 4.69) is 0 Å². The summed E-state index contributed by atoms with van der Waals surface area (Å²) in [6.45, 7) is 0.353. The lowest BCUT2D eigenvalue weighted by Crippen LogP contribution is -2.64. The fourth-order valence-electron chi connectivity index (χ4n) is 3.00. The van der Waals surface area contributed by atoms with Crippen molar-refractivity contribution in [1.29, 1.82) is 0 Å². The molecule has 0 aromatic carbocycles. The zero-order valence-electron chi connectivity index (χ0n) is 13.7. The molecule has 0 amide bonds. The Morgan fingerprint density at radius 3 is 2.08 bits per heavy atom. The molecule has 12 heteroatoms. The van der Waals surface area contributed by atoms with Crippen molar-refractivity contribution in [3.63, 3.8) is 0 Å². The molecule has 26 heavy (non-hydrogen) atoms. The number of hydrogen-bond donors (Lipinski definition) is 7. The number of Topliss-reactive ketones (excluding diaryl/α,β-unsaturated/α-hetero) is 1.